The minimum Gasteiger partial charge on any atom is -0.345 e. The summed E-state index contributed by atoms with van der Waals surface area (Å²) < 4.78 is 15.8. The largest absolute Gasteiger partial charge is 0.345 e. The summed E-state index contributed by atoms with van der Waals surface area (Å²) in [6, 6.07) is 20.2. The standard InChI is InChI=1S/C24H27FN2O/c1-18(2)19(3)27(24(28)21-11-7-12-22(25)15-21)17-23-13-8-14-26(23)16-20-9-5-4-6-10-20/h4-15,18-19H,16-17H2,1-3H3/t19-/m1/s1. The number of hydrogen-bond acceptors (Lipinski definition) is 1. The lowest BCUT2D eigenvalue weighted by Crippen LogP contribution is -2.41. The average molecular weight is 378 g/mol. The molecule has 0 bridgehead atoms. The first-order valence-electron chi connectivity index (χ1n) is 9.70. The van der Waals surface area contributed by atoms with Gasteiger partial charge in [0.1, 0.15) is 5.82 Å². The van der Waals surface area contributed by atoms with Crippen LogP contribution in [0.4, 0.5) is 4.39 Å². The molecule has 1 amide bonds. The Balaban J connectivity index is 1.87. The molecule has 0 spiro atoms. The van der Waals surface area contributed by atoms with Gasteiger partial charge in [0.2, 0.25) is 0 Å². The number of rotatable bonds is 7. The van der Waals surface area contributed by atoms with Crippen LogP contribution in [0.15, 0.2) is 72.9 Å². The molecule has 0 saturated heterocycles. The third kappa shape index (κ3) is 4.69. The van der Waals surface area contributed by atoms with Crippen molar-refractivity contribution in [3.8, 4) is 0 Å². The second-order valence-electron chi connectivity index (χ2n) is 7.54. The Hall–Kier alpha value is -2.88. The Morgan fingerprint density at radius 3 is 2.43 bits per heavy atom. The molecule has 0 saturated carbocycles. The lowest BCUT2D eigenvalue weighted by Gasteiger charge is -2.32. The molecule has 1 heterocycles. The van der Waals surface area contributed by atoms with Gasteiger partial charge in [0.25, 0.3) is 5.91 Å². The zero-order valence-electron chi connectivity index (χ0n) is 16.7. The van der Waals surface area contributed by atoms with Crippen molar-refractivity contribution in [2.75, 3.05) is 0 Å². The van der Waals surface area contributed by atoms with Gasteiger partial charge in [-0.15, -0.1) is 0 Å². The minimum atomic E-state index is -0.393. The Labute approximate surface area is 166 Å². The van der Waals surface area contributed by atoms with Gasteiger partial charge < -0.3 is 9.47 Å². The SMILES string of the molecule is CC(C)[C@@H](C)N(Cc1cccn1Cc1ccccc1)C(=O)c1cccc(F)c1. The fourth-order valence-corrected chi connectivity index (χ4v) is 3.25. The Kier molecular flexibility index (Phi) is 6.30. The van der Waals surface area contributed by atoms with Crippen LogP contribution in [0.2, 0.25) is 0 Å². The van der Waals surface area contributed by atoms with Crippen LogP contribution >= 0.6 is 0 Å². The first-order valence-corrected chi connectivity index (χ1v) is 9.70. The molecule has 0 N–H and O–H groups in total. The molecule has 146 valence electrons. The number of hydrogen-bond donors (Lipinski definition) is 0. The summed E-state index contributed by atoms with van der Waals surface area (Å²) in [5, 5.41) is 0. The van der Waals surface area contributed by atoms with Gasteiger partial charge >= 0.3 is 0 Å². The van der Waals surface area contributed by atoms with E-state index >= 15 is 0 Å². The quantitative estimate of drug-likeness (QED) is 0.543. The summed E-state index contributed by atoms with van der Waals surface area (Å²) in [4.78, 5) is 15.0. The number of amides is 1. The van der Waals surface area contributed by atoms with Gasteiger partial charge in [-0.05, 0) is 48.7 Å². The highest BCUT2D eigenvalue weighted by molar-refractivity contribution is 5.94. The van der Waals surface area contributed by atoms with Crippen molar-refractivity contribution < 1.29 is 9.18 Å². The smallest absolute Gasteiger partial charge is 0.254 e. The summed E-state index contributed by atoms with van der Waals surface area (Å²) >= 11 is 0. The van der Waals surface area contributed by atoms with Gasteiger partial charge in [0.05, 0.1) is 6.54 Å². The van der Waals surface area contributed by atoms with Crippen molar-refractivity contribution in [1.82, 2.24) is 9.47 Å². The summed E-state index contributed by atoms with van der Waals surface area (Å²) in [5.41, 5.74) is 2.65. The molecule has 0 radical (unpaired) electrons. The summed E-state index contributed by atoms with van der Waals surface area (Å²) in [5.74, 6) is -0.251. The monoisotopic (exact) mass is 378 g/mol. The second kappa shape index (κ2) is 8.87. The van der Waals surface area contributed by atoms with Crippen LogP contribution in [0.5, 0.6) is 0 Å². The van der Waals surface area contributed by atoms with Crippen LogP contribution in [0.1, 0.15) is 42.4 Å². The highest BCUT2D eigenvalue weighted by atomic mass is 19.1. The first kappa shape index (κ1) is 19.9. The number of aromatic nitrogens is 1. The van der Waals surface area contributed by atoms with Gasteiger partial charge in [-0.25, -0.2) is 4.39 Å². The lowest BCUT2D eigenvalue weighted by atomic mass is 10.0. The molecule has 1 atom stereocenters. The van der Waals surface area contributed by atoms with Gasteiger partial charge in [0.15, 0.2) is 0 Å². The maximum atomic E-state index is 13.7. The van der Waals surface area contributed by atoms with E-state index in [0.717, 1.165) is 12.2 Å². The maximum Gasteiger partial charge on any atom is 0.254 e. The number of halogens is 1. The van der Waals surface area contributed by atoms with E-state index < -0.39 is 5.82 Å². The van der Waals surface area contributed by atoms with Crippen molar-refractivity contribution in [3.05, 3.63) is 95.6 Å². The predicted octanol–water partition coefficient (Wildman–Crippen LogP) is 5.36. The molecule has 0 aliphatic heterocycles. The molecule has 2 aromatic carbocycles. The fraction of sp³-hybridized carbons (Fsp3) is 0.292. The summed E-state index contributed by atoms with van der Waals surface area (Å²) in [7, 11) is 0. The summed E-state index contributed by atoms with van der Waals surface area (Å²) in [6.07, 6.45) is 2.03. The molecule has 0 aliphatic carbocycles. The molecule has 3 nitrogen and oxygen atoms in total. The van der Waals surface area contributed by atoms with E-state index in [-0.39, 0.29) is 17.9 Å². The summed E-state index contributed by atoms with van der Waals surface area (Å²) in [6.45, 7) is 7.47. The number of carbonyl (C=O) groups excluding carboxylic acids is 1. The molecule has 0 fully saturated rings. The zero-order valence-corrected chi connectivity index (χ0v) is 16.7. The molecule has 1 aromatic heterocycles. The minimum absolute atomic E-state index is 0.0239. The first-order chi connectivity index (χ1) is 13.5. The van der Waals surface area contributed by atoms with E-state index in [4.69, 9.17) is 0 Å². The zero-order chi connectivity index (χ0) is 20.1. The Morgan fingerprint density at radius 1 is 1.00 bits per heavy atom. The third-order valence-electron chi connectivity index (χ3n) is 5.24. The van der Waals surface area contributed by atoms with Crippen LogP contribution < -0.4 is 0 Å². The third-order valence-corrected chi connectivity index (χ3v) is 5.24. The molecule has 0 aliphatic rings. The van der Waals surface area contributed by atoms with Gasteiger partial charge in [-0.3, -0.25) is 4.79 Å². The van der Waals surface area contributed by atoms with Crippen LogP contribution in [-0.4, -0.2) is 21.4 Å². The van der Waals surface area contributed by atoms with Gasteiger partial charge in [-0.1, -0.05) is 50.2 Å². The van der Waals surface area contributed by atoms with Crippen LogP contribution in [0, 0.1) is 11.7 Å². The van der Waals surface area contributed by atoms with Gasteiger partial charge in [-0.2, -0.15) is 0 Å². The molecule has 0 unspecified atom stereocenters. The second-order valence-corrected chi connectivity index (χ2v) is 7.54. The Morgan fingerprint density at radius 2 is 1.75 bits per heavy atom. The van der Waals surface area contributed by atoms with Crippen molar-refractivity contribution in [2.24, 2.45) is 5.92 Å². The lowest BCUT2D eigenvalue weighted by molar-refractivity contribution is 0.0622. The van der Waals surface area contributed by atoms with Crippen LogP contribution in [0.25, 0.3) is 0 Å². The van der Waals surface area contributed by atoms with Gasteiger partial charge in [0, 0.05) is 30.0 Å². The molecule has 3 rings (SSSR count). The van der Waals surface area contributed by atoms with E-state index in [9.17, 15) is 9.18 Å². The average Bonchev–Trinajstić information content (AvgIpc) is 3.12. The van der Waals surface area contributed by atoms with Crippen LogP contribution in [-0.2, 0) is 13.1 Å². The van der Waals surface area contributed by atoms with E-state index in [1.807, 2.05) is 48.4 Å². The van der Waals surface area contributed by atoms with Crippen molar-refractivity contribution in [2.45, 2.75) is 39.9 Å². The predicted molar refractivity (Wildman–Crippen MR) is 111 cm³/mol. The number of benzene rings is 2. The molecule has 3 aromatic rings. The van der Waals surface area contributed by atoms with Crippen LogP contribution in [0.3, 0.4) is 0 Å². The molecule has 4 heteroatoms. The van der Waals surface area contributed by atoms with E-state index in [1.54, 1.807) is 12.1 Å². The number of carbonyl (C=O) groups is 1. The van der Waals surface area contributed by atoms with Crippen molar-refractivity contribution >= 4 is 5.91 Å². The molecule has 28 heavy (non-hydrogen) atoms. The van der Waals surface area contributed by atoms with E-state index in [0.29, 0.717) is 12.1 Å². The fourth-order valence-electron chi connectivity index (χ4n) is 3.25. The van der Waals surface area contributed by atoms with E-state index in [1.165, 1.54) is 17.7 Å². The van der Waals surface area contributed by atoms with Crippen molar-refractivity contribution in [3.63, 3.8) is 0 Å². The molecular weight excluding hydrogens is 351 g/mol. The number of nitrogens with zero attached hydrogens (tertiary/aromatic N) is 2. The Bertz CT molecular complexity index is 917. The van der Waals surface area contributed by atoms with Crippen molar-refractivity contribution in [1.29, 1.82) is 0 Å². The van der Waals surface area contributed by atoms with E-state index in [2.05, 4.69) is 30.5 Å². The normalized spacial score (nSPS) is 12.2. The highest BCUT2D eigenvalue weighted by Gasteiger charge is 2.25. The highest BCUT2D eigenvalue weighted by Crippen LogP contribution is 2.20. The topological polar surface area (TPSA) is 25.2 Å². The maximum absolute atomic E-state index is 13.7. The molecular formula is C24H27FN2O.